The summed E-state index contributed by atoms with van der Waals surface area (Å²) >= 11 is 0. The first-order valence-electron chi connectivity index (χ1n) is 7.02. The summed E-state index contributed by atoms with van der Waals surface area (Å²) in [6, 6.07) is 5.20. The van der Waals surface area contributed by atoms with E-state index < -0.39 is 21.9 Å². The van der Waals surface area contributed by atoms with E-state index in [0.717, 1.165) is 5.56 Å². The minimum absolute atomic E-state index is 0.0420. The molecule has 1 saturated heterocycles. The molecule has 2 atom stereocenters. The summed E-state index contributed by atoms with van der Waals surface area (Å²) in [5.74, 6) is -1.52. The van der Waals surface area contributed by atoms with Crippen molar-refractivity contribution in [3.63, 3.8) is 0 Å². The third kappa shape index (κ3) is 3.27. The van der Waals surface area contributed by atoms with Crippen LogP contribution in [0.15, 0.2) is 23.1 Å². The smallest absolute Gasteiger partial charge is 0.307 e. The van der Waals surface area contributed by atoms with E-state index in [2.05, 4.69) is 0 Å². The quantitative estimate of drug-likeness (QED) is 0.927. The molecule has 116 valence electrons. The van der Waals surface area contributed by atoms with E-state index in [0.29, 0.717) is 18.5 Å². The molecule has 1 aromatic carbocycles. The maximum Gasteiger partial charge on any atom is 0.307 e. The minimum Gasteiger partial charge on any atom is -0.481 e. The normalized spacial score (nSPS) is 24.0. The number of aryl methyl sites for hydroxylation is 2. The Morgan fingerprint density at radius 2 is 1.95 bits per heavy atom. The largest absolute Gasteiger partial charge is 0.481 e. The predicted octanol–water partition coefficient (Wildman–Crippen LogP) is 2.03. The lowest BCUT2D eigenvalue weighted by atomic mass is 9.92. The van der Waals surface area contributed by atoms with Crippen LogP contribution in [0.5, 0.6) is 0 Å². The molecule has 1 aliphatic heterocycles. The van der Waals surface area contributed by atoms with Crippen LogP contribution in [-0.4, -0.2) is 36.9 Å². The second kappa shape index (κ2) is 5.77. The molecule has 1 aliphatic rings. The van der Waals surface area contributed by atoms with Crippen LogP contribution in [0.1, 0.15) is 24.5 Å². The lowest BCUT2D eigenvalue weighted by molar-refractivity contribution is -0.143. The van der Waals surface area contributed by atoms with Crippen LogP contribution in [0.2, 0.25) is 0 Å². The Labute approximate surface area is 125 Å². The number of aliphatic carboxylic acids is 1. The monoisotopic (exact) mass is 311 g/mol. The van der Waals surface area contributed by atoms with Crippen LogP contribution >= 0.6 is 0 Å². The summed E-state index contributed by atoms with van der Waals surface area (Å²) in [6.45, 7) is 5.99. The molecule has 0 spiro atoms. The van der Waals surface area contributed by atoms with Crippen molar-refractivity contribution >= 4 is 16.0 Å². The number of carboxylic acid groups (broad SMARTS) is 1. The lowest BCUT2D eigenvalue weighted by Gasteiger charge is -2.34. The Morgan fingerprint density at radius 1 is 1.29 bits per heavy atom. The lowest BCUT2D eigenvalue weighted by Crippen LogP contribution is -2.45. The molecule has 0 amide bonds. The molecule has 2 unspecified atom stereocenters. The van der Waals surface area contributed by atoms with Crippen LogP contribution in [0.25, 0.3) is 0 Å². The van der Waals surface area contributed by atoms with Crippen molar-refractivity contribution in [2.45, 2.75) is 32.1 Å². The number of nitrogens with zero attached hydrogens (tertiary/aromatic N) is 1. The van der Waals surface area contributed by atoms with Crippen LogP contribution in [-0.2, 0) is 14.8 Å². The Kier molecular flexibility index (Phi) is 4.39. The van der Waals surface area contributed by atoms with Gasteiger partial charge in [0.1, 0.15) is 0 Å². The molecule has 0 radical (unpaired) electrons. The molecule has 0 aromatic heterocycles. The fraction of sp³-hybridized carbons (Fsp3) is 0.533. The Bertz CT molecular complexity index is 654. The second-order valence-electron chi connectivity index (χ2n) is 5.97. The highest BCUT2D eigenvalue weighted by Crippen LogP contribution is 2.28. The van der Waals surface area contributed by atoms with Gasteiger partial charge in [-0.3, -0.25) is 4.79 Å². The minimum atomic E-state index is -3.64. The van der Waals surface area contributed by atoms with Gasteiger partial charge in [0, 0.05) is 13.1 Å². The fourth-order valence-electron chi connectivity index (χ4n) is 2.91. The fourth-order valence-corrected chi connectivity index (χ4v) is 4.72. The SMILES string of the molecule is Cc1ccc(S(=O)(=O)N2CC(C)CC(C(=O)O)C2)c(C)c1. The summed E-state index contributed by atoms with van der Waals surface area (Å²) in [4.78, 5) is 11.5. The zero-order valence-electron chi connectivity index (χ0n) is 12.5. The zero-order chi connectivity index (χ0) is 15.8. The van der Waals surface area contributed by atoms with Gasteiger partial charge in [-0.05, 0) is 37.8 Å². The van der Waals surface area contributed by atoms with Crippen molar-refractivity contribution in [3.8, 4) is 0 Å². The van der Waals surface area contributed by atoms with Crippen molar-refractivity contribution in [2.75, 3.05) is 13.1 Å². The van der Waals surface area contributed by atoms with Crippen molar-refractivity contribution in [1.29, 1.82) is 0 Å². The van der Waals surface area contributed by atoms with Crippen molar-refractivity contribution in [1.82, 2.24) is 4.31 Å². The molecule has 1 heterocycles. The third-order valence-electron chi connectivity index (χ3n) is 3.92. The van der Waals surface area contributed by atoms with Crippen molar-refractivity contribution < 1.29 is 18.3 Å². The van der Waals surface area contributed by atoms with Gasteiger partial charge in [0.2, 0.25) is 10.0 Å². The Hall–Kier alpha value is -1.40. The van der Waals surface area contributed by atoms with E-state index in [4.69, 9.17) is 0 Å². The Balaban J connectivity index is 2.36. The highest BCUT2D eigenvalue weighted by Gasteiger charge is 2.36. The molecule has 5 nitrogen and oxygen atoms in total. The number of piperidine rings is 1. The maximum absolute atomic E-state index is 12.8. The molecule has 1 N–H and O–H groups in total. The number of benzene rings is 1. The van der Waals surface area contributed by atoms with E-state index in [1.165, 1.54) is 4.31 Å². The number of carbonyl (C=O) groups is 1. The van der Waals surface area contributed by atoms with E-state index >= 15 is 0 Å². The van der Waals surface area contributed by atoms with E-state index in [1.807, 2.05) is 19.9 Å². The van der Waals surface area contributed by atoms with Gasteiger partial charge in [-0.1, -0.05) is 24.6 Å². The van der Waals surface area contributed by atoms with Gasteiger partial charge in [0.05, 0.1) is 10.8 Å². The van der Waals surface area contributed by atoms with E-state index in [9.17, 15) is 18.3 Å². The first-order chi connectivity index (χ1) is 9.71. The predicted molar refractivity (Wildman–Crippen MR) is 79.6 cm³/mol. The summed E-state index contributed by atoms with van der Waals surface area (Å²) in [6.07, 6.45) is 0.522. The number of hydrogen-bond acceptors (Lipinski definition) is 3. The van der Waals surface area contributed by atoms with Crippen LogP contribution < -0.4 is 0 Å². The highest BCUT2D eigenvalue weighted by molar-refractivity contribution is 7.89. The van der Waals surface area contributed by atoms with Gasteiger partial charge in [-0.25, -0.2) is 8.42 Å². The maximum atomic E-state index is 12.8. The van der Waals surface area contributed by atoms with Crippen LogP contribution in [0, 0.1) is 25.7 Å². The summed E-state index contributed by atoms with van der Waals surface area (Å²) in [5.41, 5.74) is 1.70. The summed E-state index contributed by atoms with van der Waals surface area (Å²) in [5, 5.41) is 9.18. The molecular formula is C15H21NO4S. The van der Waals surface area contributed by atoms with Gasteiger partial charge >= 0.3 is 5.97 Å². The second-order valence-corrected chi connectivity index (χ2v) is 7.87. The average molecular weight is 311 g/mol. The molecule has 1 fully saturated rings. The average Bonchev–Trinajstić information content (AvgIpc) is 2.37. The first kappa shape index (κ1) is 16.0. The van der Waals surface area contributed by atoms with E-state index in [-0.39, 0.29) is 17.4 Å². The molecule has 6 heteroatoms. The third-order valence-corrected chi connectivity index (χ3v) is 5.92. The van der Waals surface area contributed by atoms with Gasteiger partial charge in [-0.15, -0.1) is 0 Å². The molecule has 21 heavy (non-hydrogen) atoms. The number of carboxylic acids is 1. The topological polar surface area (TPSA) is 74.7 Å². The molecule has 1 aromatic rings. The first-order valence-corrected chi connectivity index (χ1v) is 8.46. The summed E-state index contributed by atoms with van der Waals surface area (Å²) in [7, 11) is -3.64. The molecule has 0 bridgehead atoms. The van der Waals surface area contributed by atoms with Gasteiger partial charge in [0.15, 0.2) is 0 Å². The summed E-state index contributed by atoms with van der Waals surface area (Å²) < 4.78 is 26.8. The van der Waals surface area contributed by atoms with Gasteiger partial charge in [0.25, 0.3) is 0 Å². The number of rotatable bonds is 3. The molecule has 0 saturated carbocycles. The van der Waals surface area contributed by atoms with Gasteiger partial charge < -0.3 is 5.11 Å². The van der Waals surface area contributed by atoms with Gasteiger partial charge in [-0.2, -0.15) is 4.31 Å². The molecule has 0 aliphatic carbocycles. The number of hydrogen-bond donors (Lipinski definition) is 1. The molecular weight excluding hydrogens is 290 g/mol. The highest BCUT2D eigenvalue weighted by atomic mass is 32.2. The van der Waals surface area contributed by atoms with Crippen LogP contribution in [0.3, 0.4) is 0 Å². The zero-order valence-corrected chi connectivity index (χ0v) is 13.4. The molecule has 2 rings (SSSR count). The van der Waals surface area contributed by atoms with Crippen molar-refractivity contribution in [3.05, 3.63) is 29.3 Å². The number of sulfonamides is 1. The standard InChI is InChI=1S/C15H21NO4S/c1-10-4-5-14(12(3)6-10)21(19,20)16-8-11(2)7-13(9-16)15(17)18/h4-6,11,13H,7-9H2,1-3H3,(H,17,18). The van der Waals surface area contributed by atoms with E-state index in [1.54, 1.807) is 19.1 Å². The van der Waals surface area contributed by atoms with Crippen molar-refractivity contribution in [2.24, 2.45) is 11.8 Å². The van der Waals surface area contributed by atoms with Crippen LogP contribution in [0.4, 0.5) is 0 Å². The Morgan fingerprint density at radius 3 is 2.52 bits per heavy atom.